The summed E-state index contributed by atoms with van der Waals surface area (Å²) >= 11 is 7.90. The number of nitrogens with one attached hydrogen (secondary N) is 1. The average Bonchev–Trinajstić information content (AvgIpc) is 3.42. The summed E-state index contributed by atoms with van der Waals surface area (Å²) in [5.41, 5.74) is 4.22. The number of anilines is 1. The van der Waals surface area contributed by atoms with Crippen molar-refractivity contribution in [3.8, 4) is 5.75 Å². The topological polar surface area (TPSA) is 48.1 Å². The number of rotatable bonds is 5. The van der Waals surface area contributed by atoms with E-state index in [0.29, 0.717) is 5.02 Å². The Bertz CT molecular complexity index is 881. The number of benzene rings is 1. The van der Waals surface area contributed by atoms with Crippen LogP contribution in [0.2, 0.25) is 5.02 Å². The van der Waals surface area contributed by atoms with Crippen molar-refractivity contribution in [3.05, 3.63) is 57.9 Å². The first-order valence-corrected chi connectivity index (χ1v) is 10.9. The van der Waals surface area contributed by atoms with Crippen LogP contribution in [0.5, 0.6) is 5.75 Å². The molecule has 1 unspecified atom stereocenters. The predicted octanol–water partition coefficient (Wildman–Crippen LogP) is 3.81. The van der Waals surface area contributed by atoms with Crippen molar-refractivity contribution in [3.63, 3.8) is 0 Å². The maximum Gasteiger partial charge on any atom is 0.265 e. The van der Waals surface area contributed by atoms with E-state index in [0.717, 1.165) is 42.2 Å². The molecule has 154 valence electrons. The van der Waals surface area contributed by atoms with Gasteiger partial charge in [0.2, 0.25) is 0 Å². The number of likely N-dealkylation sites (tertiary alicyclic amines) is 1. The Morgan fingerprint density at radius 2 is 2.10 bits per heavy atom. The molecule has 0 aliphatic carbocycles. The molecular formula is C21H25ClN4O2S. The molecule has 29 heavy (non-hydrogen) atoms. The van der Waals surface area contributed by atoms with E-state index in [9.17, 15) is 4.79 Å². The third-order valence-corrected chi connectivity index (χ3v) is 6.63. The van der Waals surface area contributed by atoms with E-state index in [1.54, 1.807) is 7.11 Å². The zero-order valence-electron chi connectivity index (χ0n) is 16.5. The van der Waals surface area contributed by atoms with Crippen LogP contribution in [0.1, 0.15) is 22.5 Å². The first kappa shape index (κ1) is 20.2. The Balaban J connectivity index is 1.57. The van der Waals surface area contributed by atoms with Crippen LogP contribution in [0.4, 0.5) is 5.69 Å². The molecule has 2 aromatic rings. The van der Waals surface area contributed by atoms with Gasteiger partial charge in [0.05, 0.1) is 22.7 Å². The first-order chi connectivity index (χ1) is 14.1. The van der Waals surface area contributed by atoms with Gasteiger partial charge in [-0.25, -0.2) is 5.43 Å². The summed E-state index contributed by atoms with van der Waals surface area (Å²) in [6, 6.07) is 9.51. The van der Waals surface area contributed by atoms with Crippen LogP contribution in [-0.2, 0) is 0 Å². The third kappa shape index (κ3) is 4.28. The molecule has 8 heteroatoms. The molecule has 2 aliphatic heterocycles. The van der Waals surface area contributed by atoms with E-state index in [-0.39, 0.29) is 18.1 Å². The van der Waals surface area contributed by atoms with Gasteiger partial charge in [0.15, 0.2) is 0 Å². The number of hydrazine groups is 1. The van der Waals surface area contributed by atoms with Crippen molar-refractivity contribution in [1.82, 2.24) is 15.2 Å². The lowest BCUT2D eigenvalue weighted by molar-refractivity contribution is 0.0492. The number of carbonyl (C=O) groups is 1. The van der Waals surface area contributed by atoms with E-state index in [4.69, 9.17) is 16.3 Å². The minimum atomic E-state index is -0.236. The minimum Gasteiger partial charge on any atom is -0.497 e. The van der Waals surface area contributed by atoms with Gasteiger partial charge >= 0.3 is 0 Å². The van der Waals surface area contributed by atoms with Crippen molar-refractivity contribution in [2.45, 2.75) is 25.0 Å². The second-order valence-electron chi connectivity index (χ2n) is 7.33. The molecule has 1 amide bonds. The fraction of sp³-hybridized carbons (Fsp3) is 0.381. The summed E-state index contributed by atoms with van der Waals surface area (Å²) in [4.78, 5) is 18.4. The van der Waals surface area contributed by atoms with E-state index in [1.165, 1.54) is 11.3 Å². The molecule has 3 heterocycles. The smallest absolute Gasteiger partial charge is 0.265 e. The summed E-state index contributed by atoms with van der Waals surface area (Å²) in [5, 5.41) is 4.42. The normalized spacial score (nSPS) is 20.2. The van der Waals surface area contributed by atoms with Gasteiger partial charge in [-0.15, -0.1) is 11.3 Å². The second-order valence-corrected chi connectivity index (χ2v) is 8.68. The van der Waals surface area contributed by atoms with Crippen LogP contribution in [0.15, 0.2) is 48.0 Å². The number of methoxy groups -OCH3 is 1. The van der Waals surface area contributed by atoms with Gasteiger partial charge in [-0.3, -0.25) is 9.80 Å². The van der Waals surface area contributed by atoms with Gasteiger partial charge in [0, 0.05) is 18.3 Å². The van der Waals surface area contributed by atoms with Gasteiger partial charge in [-0.1, -0.05) is 17.7 Å². The van der Waals surface area contributed by atoms with Crippen molar-refractivity contribution in [2.75, 3.05) is 32.3 Å². The third-order valence-electron chi connectivity index (χ3n) is 5.45. The summed E-state index contributed by atoms with van der Waals surface area (Å²) in [5.74, 6) is 0.792. The predicted molar refractivity (Wildman–Crippen MR) is 118 cm³/mol. The molecule has 1 saturated heterocycles. The van der Waals surface area contributed by atoms with E-state index in [1.807, 2.05) is 57.9 Å². The maximum atomic E-state index is 13.4. The summed E-state index contributed by atoms with van der Waals surface area (Å²) in [6.45, 7) is 1.97. The zero-order chi connectivity index (χ0) is 20.4. The van der Waals surface area contributed by atoms with Gasteiger partial charge in [0.1, 0.15) is 11.9 Å². The summed E-state index contributed by atoms with van der Waals surface area (Å²) < 4.78 is 5.33. The van der Waals surface area contributed by atoms with Crippen LogP contribution in [0.25, 0.3) is 0 Å². The Morgan fingerprint density at radius 3 is 2.79 bits per heavy atom. The number of thiophene rings is 1. The van der Waals surface area contributed by atoms with E-state index in [2.05, 4.69) is 17.4 Å². The van der Waals surface area contributed by atoms with Crippen molar-refractivity contribution >= 4 is 34.5 Å². The highest BCUT2D eigenvalue weighted by Gasteiger charge is 2.35. The molecule has 0 spiro atoms. The molecule has 1 N–H and O–H groups in total. The van der Waals surface area contributed by atoms with Gasteiger partial charge in [-0.05, 0) is 62.6 Å². The van der Waals surface area contributed by atoms with Crippen molar-refractivity contribution in [1.29, 1.82) is 0 Å². The number of nitrogens with zero attached hydrogens (tertiary/aromatic N) is 3. The Kier molecular flexibility index (Phi) is 6.10. The van der Waals surface area contributed by atoms with E-state index >= 15 is 0 Å². The number of piperidine rings is 1. The Labute approximate surface area is 180 Å². The quantitative estimate of drug-likeness (QED) is 0.778. The highest BCUT2D eigenvalue weighted by atomic mass is 35.5. The van der Waals surface area contributed by atoms with Crippen molar-refractivity contribution in [2.24, 2.45) is 0 Å². The number of hydrogen-bond donors (Lipinski definition) is 1. The molecule has 6 nitrogen and oxygen atoms in total. The Morgan fingerprint density at radius 1 is 1.31 bits per heavy atom. The molecule has 0 radical (unpaired) electrons. The van der Waals surface area contributed by atoms with Crippen molar-refractivity contribution < 1.29 is 9.53 Å². The lowest BCUT2D eigenvalue weighted by Gasteiger charge is -2.40. The molecule has 1 atom stereocenters. The monoisotopic (exact) mass is 432 g/mol. The Hall–Kier alpha value is -2.06. The highest BCUT2D eigenvalue weighted by Crippen LogP contribution is 2.32. The number of carbonyl (C=O) groups excluding carboxylic acids is 1. The molecule has 1 aromatic heterocycles. The molecular weight excluding hydrogens is 408 g/mol. The lowest BCUT2D eigenvalue weighted by atomic mass is 10.0. The summed E-state index contributed by atoms with van der Waals surface area (Å²) in [6.07, 6.45) is 5.62. The fourth-order valence-corrected chi connectivity index (χ4v) is 4.70. The highest BCUT2D eigenvalue weighted by molar-refractivity contribution is 7.12. The van der Waals surface area contributed by atoms with Crippen LogP contribution < -0.4 is 15.2 Å². The molecule has 0 bridgehead atoms. The molecule has 1 fully saturated rings. The first-order valence-electron chi connectivity index (χ1n) is 9.69. The van der Waals surface area contributed by atoms with Gasteiger partial charge in [-0.2, -0.15) is 0 Å². The van der Waals surface area contributed by atoms with Crippen LogP contribution in [0.3, 0.4) is 0 Å². The zero-order valence-corrected chi connectivity index (χ0v) is 18.1. The number of halogens is 1. The van der Waals surface area contributed by atoms with Crippen LogP contribution in [-0.4, -0.2) is 55.2 Å². The maximum absolute atomic E-state index is 13.4. The lowest BCUT2D eigenvalue weighted by Crippen LogP contribution is -2.56. The number of ether oxygens (including phenoxy) is 1. The minimum absolute atomic E-state index is 0.0651. The molecule has 0 saturated carbocycles. The largest absolute Gasteiger partial charge is 0.497 e. The molecule has 2 aliphatic rings. The van der Waals surface area contributed by atoms with Gasteiger partial charge in [0.25, 0.3) is 5.91 Å². The van der Waals surface area contributed by atoms with Gasteiger partial charge < -0.3 is 14.5 Å². The van der Waals surface area contributed by atoms with Crippen LogP contribution in [0, 0.1) is 0 Å². The molecule has 4 rings (SSSR count). The average molecular weight is 433 g/mol. The number of hydrogen-bond acceptors (Lipinski definition) is 6. The fourth-order valence-electron chi connectivity index (χ4n) is 3.82. The molecule has 1 aromatic carbocycles. The second kappa shape index (κ2) is 8.75. The van der Waals surface area contributed by atoms with E-state index < -0.39 is 0 Å². The summed E-state index contributed by atoms with van der Waals surface area (Å²) in [7, 11) is 3.76. The SMILES string of the molecule is COc1ccc(Cl)c(N2C=CC(N(C(=O)c3cccs3)C3CCN(C)CC3)N2)c1. The van der Waals surface area contributed by atoms with Crippen LogP contribution >= 0.6 is 22.9 Å². The number of amides is 1. The standard InChI is InChI=1S/C21H25ClN4O2S/c1-24-10-7-15(8-11-24)26(21(27)19-4-3-13-29-19)20-9-12-25(23-20)18-14-16(28-2)5-6-17(18)22/h3-6,9,12-15,20,23H,7-8,10-11H2,1-2H3.